The van der Waals surface area contributed by atoms with Crippen molar-refractivity contribution in [2.24, 2.45) is 0 Å². The second-order valence-electron chi connectivity index (χ2n) is 3.99. The summed E-state index contributed by atoms with van der Waals surface area (Å²) in [6, 6.07) is 11.7. The lowest BCUT2D eigenvalue weighted by molar-refractivity contribution is 0.303. The molecular weight excluding hydrogens is 358 g/mol. The van der Waals surface area contributed by atoms with Crippen LogP contribution in [0.15, 0.2) is 45.3 Å². The predicted molar refractivity (Wildman–Crippen MR) is 81.8 cm³/mol. The number of nitrogen functional groups attached to an aromatic ring is 1. The quantitative estimate of drug-likeness (QED) is 0.796. The van der Waals surface area contributed by atoms with Crippen LogP contribution in [0.1, 0.15) is 11.1 Å². The molecule has 2 aromatic carbocycles. The van der Waals surface area contributed by atoms with E-state index in [1.54, 1.807) is 0 Å². The molecule has 4 heteroatoms. The fourth-order valence-corrected chi connectivity index (χ4v) is 2.77. The largest absolute Gasteiger partial charge is 0.488 e. The van der Waals surface area contributed by atoms with Crippen LogP contribution < -0.4 is 10.5 Å². The summed E-state index contributed by atoms with van der Waals surface area (Å²) < 4.78 is 7.74. The molecule has 0 saturated carbocycles. The zero-order valence-corrected chi connectivity index (χ0v) is 13.1. The van der Waals surface area contributed by atoms with Crippen molar-refractivity contribution in [2.45, 2.75) is 13.5 Å². The van der Waals surface area contributed by atoms with Gasteiger partial charge in [-0.05, 0) is 58.2 Å². The number of hydrogen-bond acceptors (Lipinski definition) is 2. The summed E-state index contributed by atoms with van der Waals surface area (Å²) in [5.41, 5.74) is 8.84. The molecule has 0 saturated heterocycles. The Bertz CT molecular complexity index is 570. The number of rotatable bonds is 3. The molecule has 0 heterocycles. The van der Waals surface area contributed by atoms with Crippen LogP contribution in [-0.2, 0) is 6.61 Å². The van der Waals surface area contributed by atoms with E-state index in [9.17, 15) is 0 Å². The highest BCUT2D eigenvalue weighted by Gasteiger charge is 2.05. The fraction of sp³-hybridized carbons (Fsp3) is 0.143. The van der Waals surface area contributed by atoms with Gasteiger partial charge >= 0.3 is 0 Å². The summed E-state index contributed by atoms with van der Waals surface area (Å²) in [6.07, 6.45) is 0. The van der Waals surface area contributed by atoms with Crippen LogP contribution in [0.3, 0.4) is 0 Å². The van der Waals surface area contributed by atoms with Crippen molar-refractivity contribution >= 4 is 37.5 Å². The lowest BCUT2D eigenvalue weighted by atomic mass is 10.1. The third-order valence-corrected chi connectivity index (χ3v) is 3.88. The molecular formula is C14H13Br2NO. The van der Waals surface area contributed by atoms with Gasteiger partial charge in [-0.15, -0.1) is 0 Å². The molecule has 2 N–H and O–H groups in total. The Hall–Kier alpha value is -1.000. The molecule has 0 aliphatic rings. The first kappa shape index (κ1) is 13.4. The first-order valence-corrected chi connectivity index (χ1v) is 7.08. The summed E-state index contributed by atoms with van der Waals surface area (Å²) in [5, 5.41) is 0. The van der Waals surface area contributed by atoms with Crippen LogP contribution in [0.2, 0.25) is 0 Å². The Morgan fingerprint density at radius 1 is 1.17 bits per heavy atom. The minimum Gasteiger partial charge on any atom is -0.488 e. The maximum Gasteiger partial charge on any atom is 0.134 e. The highest BCUT2D eigenvalue weighted by Crippen LogP contribution is 2.29. The van der Waals surface area contributed by atoms with E-state index in [-0.39, 0.29) is 0 Å². The Morgan fingerprint density at radius 3 is 2.67 bits per heavy atom. The third-order valence-electron chi connectivity index (χ3n) is 2.76. The summed E-state index contributed by atoms with van der Waals surface area (Å²) in [5.74, 6) is 0.819. The molecule has 94 valence electrons. The van der Waals surface area contributed by atoms with Crippen molar-refractivity contribution in [1.82, 2.24) is 0 Å². The molecule has 0 amide bonds. The van der Waals surface area contributed by atoms with E-state index in [0.29, 0.717) is 6.61 Å². The molecule has 0 aromatic heterocycles. The van der Waals surface area contributed by atoms with E-state index in [4.69, 9.17) is 10.5 Å². The van der Waals surface area contributed by atoms with E-state index in [1.807, 2.05) is 43.3 Å². The van der Waals surface area contributed by atoms with E-state index < -0.39 is 0 Å². The van der Waals surface area contributed by atoms with Gasteiger partial charge in [0.25, 0.3) is 0 Å². The molecule has 2 aromatic rings. The van der Waals surface area contributed by atoms with Crippen LogP contribution >= 0.6 is 31.9 Å². The SMILES string of the molecule is Cc1c(N)cccc1COc1ccc(Br)cc1Br. The van der Waals surface area contributed by atoms with Crippen LogP contribution in [0, 0.1) is 6.92 Å². The third kappa shape index (κ3) is 3.06. The second-order valence-corrected chi connectivity index (χ2v) is 5.76. The zero-order valence-electron chi connectivity index (χ0n) is 9.91. The maximum atomic E-state index is 5.87. The Kier molecular flexibility index (Phi) is 4.30. The lowest BCUT2D eigenvalue weighted by Gasteiger charge is -2.11. The standard InChI is InChI=1S/C14H13Br2NO/c1-9-10(3-2-4-13(9)17)8-18-14-6-5-11(15)7-12(14)16/h2-7H,8,17H2,1H3. The van der Waals surface area contributed by atoms with Gasteiger partial charge in [0.2, 0.25) is 0 Å². The Labute approximate surface area is 123 Å². The highest BCUT2D eigenvalue weighted by molar-refractivity contribution is 9.11. The summed E-state index contributed by atoms with van der Waals surface area (Å²) in [7, 11) is 0. The van der Waals surface area contributed by atoms with Crippen LogP contribution in [0.4, 0.5) is 5.69 Å². The van der Waals surface area contributed by atoms with Gasteiger partial charge in [0.15, 0.2) is 0 Å². The Morgan fingerprint density at radius 2 is 1.94 bits per heavy atom. The van der Waals surface area contributed by atoms with E-state index >= 15 is 0 Å². The summed E-state index contributed by atoms with van der Waals surface area (Å²) >= 11 is 6.89. The molecule has 0 aliphatic heterocycles. The van der Waals surface area contributed by atoms with Crippen LogP contribution in [0.5, 0.6) is 5.75 Å². The van der Waals surface area contributed by atoms with Crippen molar-refractivity contribution in [3.05, 3.63) is 56.5 Å². The predicted octanol–water partition coefficient (Wildman–Crippen LogP) is 4.68. The molecule has 0 spiro atoms. The first-order valence-electron chi connectivity index (χ1n) is 5.50. The van der Waals surface area contributed by atoms with Crippen molar-refractivity contribution in [3.63, 3.8) is 0 Å². The molecule has 0 fully saturated rings. The van der Waals surface area contributed by atoms with Gasteiger partial charge in [-0.1, -0.05) is 28.1 Å². The number of hydrogen-bond donors (Lipinski definition) is 1. The van der Waals surface area contributed by atoms with Crippen molar-refractivity contribution in [2.75, 3.05) is 5.73 Å². The van der Waals surface area contributed by atoms with Crippen molar-refractivity contribution in [1.29, 1.82) is 0 Å². The average molecular weight is 371 g/mol. The van der Waals surface area contributed by atoms with Gasteiger partial charge < -0.3 is 10.5 Å². The molecule has 0 aliphatic carbocycles. The minimum atomic E-state index is 0.511. The molecule has 2 nitrogen and oxygen atoms in total. The lowest BCUT2D eigenvalue weighted by Crippen LogP contribution is -2.01. The normalized spacial score (nSPS) is 10.4. The van der Waals surface area contributed by atoms with Gasteiger partial charge in [0.05, 0.1) is 4.47 Å². The van der Waals surface area contributed by atoms with E-state index in [2.05, 4.69) is 31.9 Å². The maximum absolute atomic E-state index is 5.87. The van der Waals surface area contributed by atoms with Gasteiger partial charge in [0, 0.05) is 10.2 Å². The van der Waals surface area contributed by atoms with Crippen LogP contribution in [-0.4, -0.2) is 0 Å². The van der Waals surface area contributed by atoms with E-state index in [0.717, 1.165) is 31.5 Å². The Balaban J connectivity index is 2.14. The number of ether oxygens (including phenoxy) is 1. The summed E-state index contributed by atoms with van der Waals surface area (Å²) in [6.45, 7) is 2.52. The molecule has 0 radical (unpaired) electrons. The van der Waals surface area contributed by atoms with Gasteiger partial charge in [-0.3, -0.25) is 0 Å². The van der Waals surface area contributed by atoms with Gasteiger partial charge in [-0.25, -0.2) is 0 Å². The smallest absolute Gasteiger partial charge is 0.134 e. The van der Waals surface area contributed by atoms with Crippen LogP contribution in [0.25, 0.3) is 0 Å². The van der Waals surface area contributed by atoms with Crippen molar-refractivity contribution < 1.29 is 4.74 Å². The molecule has 0 bridgehead atoms. The minimum absolute atomic E-state index is 0.511. The monoisotopic (exact) mass is 369 g/mol. The molecule has 0 atom stereocenters. The number of nitrogens with two attached hydrogens (primary N) is 1. The van der Waals surface area contributed by atoms with Gasteiger partial charge in [-0.2, -0.15) is 0 Å². The van der Waals surface area contributed by atoms with E-state index in [1.165, 1.54) is 0 Å². The number of benzene rings is 2. The fourth-order valence-electron chi connectivity index (χ4n) is 1.61. The van der Waals surface area contributed by atoms with Crippen molar-refractivity contribution in [3.8, 4) is 5.75 Å². The average Bonchev–Trinajstić information content (AvgIpc) is 2.33. The topological polar surface area (TPSA) is 35.2 Å². The zero-order chi connectivity index (χ0) is 13.1. The number of halogens is 2. The summed E-state index contributed by atoms with van der Waals surface area (Å²) in [4.78, 5) is 0. The van der Waals surface area contributed by atoms with Gasteiger partial charge in [0.1, 0.15) is 12.4 Å². The molecule has 18 heavy (non-hydrogen) atoms. The highest BCUT2D eigenvalue weighted by atomic mass is 79.9. The molecule has 0 unspecified atom stereocenters. The number of anilines is 1. The first-order chi connectivity index (χ1) is 8.58. The second kappa shape index (κ2) is 5.76. The molecule has 2 rings (SSSR count).